The Labute approximate surface area is 126 Å². The fourth-order valence-electron chi connectivity index (χ4n) is 2.29. The van der Waals surface area contributed by atoms with Gasteiger partial charge in [0, 0.05) is 25.1 Å². The summed E-state index contributed by atoms with van der Waals surface area (Å²) in [4.78, 5) is 6.80. The van der Waals surface area contributed by atoms with E-state index in [4.69, 9.17) is 10.3 Å². The van der Waals surface area contributed by atoms with Crippen molar-refractivity contribution >= 4 is 5.69 Å². The molecular weight excluding hydrogens is 264 g/mol. The quantitative estimate of drug-likeness (QED) is 0.755. The predicted molar refractivity (Wildman–Crippen MR) is 84.1 cm³/mol. The second-order valence-corrected chi connectivity index (χ2v) is 5.13. The SMILES string of the molecule is CCN(CC)CCc1noc(CCc2cccc(N)c2)n1. The van der Waals surface area contributed by atoms with Crippen LogP contribution in [-0.2, 0) is 19.3 Å². The van der Waals surface area contributed by atoms with Crippen LogP contribution in [-0.4, -0.2) is 34.7 Å². The van der Waals surface area contributed by atoms with E-state index in [-0.39, 0.29) is 0 Å². The van der Waals surface area contributed by atoms with E-state index < -0.39 is 0 Å². The number of aromatic nitrogens is 2. The molecule has 1 aromatic carbocycles. The molecule has 0 spiro atoms. The molecule has 0 saturated carbocycles. The molecule has 0 fully saturated rings. The fourth-order valence-corrected chi connectivity index (χ4v) is 2.29. The third-order valence-electron chi connectivity index (χ3n) is 3.63. The maximum absolute atomic E-state index is 5.77. The molecular formula is C16H24N4O. The lowest BCUT2D eigenvalue weighted by atomic mass is 10.1. The van der Waals surface area contributed by atoms with Gasteiger partial charge in [-0.2, -0.15) is 4.98 Å². The third kappa shape index (κ3) is 4.86. The van der Waals surface area contributed by atoms with E-state index in [0.29, 0.717) is 5.89 Å². The molecule has 2 N–H and O–H groups in total. The van der Waals surface area contributed by atoms with Gasteiger partial charge in [0.25, 0.3) is 0 Å². The number of rotatable bonds is 8. The highest BCUT2D eigenvalue weighted by Gasteiger charge is 2.08. The first kappa shape index (κ1) is 15.5. The number of nitrogen functional groups attached to an aromatic ring is 1. The summed E-state index contributed by atoms with van der Waals surface area (Å²) in [7, 11) is 0. The summed E-state index contributed by atoms with van der Waals surface area (Å²) >= 11 is 0. The lowest BCUT2D eigenvalue weighted by Gasteiger charge is -2.16. The maximum Gasteiger partial charge on any atom is 0.226 e. The largest absolute Gasteiger partial charge is 0.399 e. The Morgan fingerprint density at radius 1 is 1.14 bits per heavy atom. The van der Waals surface area contributed by atoms with Gasteiger partial charge in [-0.15, -0.1) is 0 Å². The van der Waals surface area contributed by atoms with Gasteiger partial charge in [-0.1, -0.05) is 31.1 Å². The molecule has 114 valence electrons. The van der Waals surface area contributed by atoms with Crippen LogP contribution in [0.4, 0.5) is 5.69 Å². The minimum absolute atomic E-state index is 0.701. The van der Waals surface area contributed by atoms with Gasteiger partial charge < -0.3 is 15.2 Å². The van der Waals surface area contributed by atoms with Gasteiger partial charge >= 0.3 is 0 Å². The van der Waals surface area contributed by atoms with Crippen LogP contribution < -0.4 is 5.73 Å². The van der Waals surface area contributed by atoms with Crippen molar-refractivity contribution in [2.75, 3.05) is 25.4 Å². The molecule has 1 heterocycles. The number of benzene rings is 1. The van der Waals surface area contributed by atoms with Crippen LogP contribution in [0.5, 0.6) is 0 Å². The van der Waals surface area contributed by atoms with E-state index in [1.54, 1.807) is 0 Å². The molecule has 0 atom stereocenters. The van der Waals surface area contributed by atoms with Crippen LogP contribution >= 0.6 is 0 Å². The van der Waals surface area contributed by atoms with Crippen LogP contribution in [0.3, 0.4) is 0 Å². The summed E-state index contributed by atoms with van der Waals surface area (Å²) in [5, 5.41) is 4.05. The molecule has 0 amide bonds. The Morgan fingerprint density at radius 2 is 1.95 bits per heavy atom. The van der Waals surface area contributed by atoms with E-state index in [0.717, 1.165) is 50.4 Å². The smallest absolute Gasteiger partial charge is 0.226 e. The van der Waals surface area contributed by atoms with Crippen molar-refractivity contribution in [1.29, 1.82) is 0 Å². The minimum Gasteiger partial charge on any atom is -0.399 e. The Kier molecular flexibility index (Phi) is 5.75. The molecule has 2 rings (SSSR count). The van der Waals surface area contributed by atoms with Crippen LogP contribution in [0.15, 0.2) is 28.8 Å². The number of likely N-dealkylation sites (N-methyl/N-ethyl adjacent to an activating group) is 1. The van der Waals surface area contributed by atoms with Crippen molar-refractivity contribution in [1.82, 2.24) is 15.0 Å². The highest BCUT2D eigenvalue weighted by molar-refractivity contribution is 5.40. The van der Waals surface area contributed by atoms with Gasteiger partial charge in [0.05, 0.1) is 0 Å². The van der Waals surface area contributed by atoms with Gasteiger partial charge in [-0.3, -0.25) is 0 Å². The standard InChI is InChI=1S/C16H24N4O/c1-3-20(4-2)11-10-15-18-16(21-19-15)9-8-13-6-5-7-14(17)12-13/h5-7,12H,3-4,8-11,17H2,1-2H3. The molecule has 0 saturated heterocycles. The summed E-state index contributed by atoms with van der Waals surface area (Å²) in [6, 6.07) is 7.90. The number of aryl methyl sites for hydroxylation is 2. The number of hydrogen-bond donors (Lipinski definition) is 1. The first-order valence-electron chi connectivity index (χ1n) is 7.59. The molecule has 5 nitrogen and oxygen atoms in total. The number of hydrogen-bond acceptors (Lipinski definition) is 5. The van der Waals surface area contributed by atoms with E-state index in [1.807, 2.05) is 18.2 Å². The third-order valence-corrected chi connectivity index (χ3v) is 3.63. The van der Waals surface area contributed by atoms with Gasteiger partial charge in [0.2, 0.25) is 5.89 Å². The first-order chi connectivity index (χ1) is 10.2. The fraction of sp³-hybridized carbons (Fsp3) is 0.500. The summed E-state index contributed by atoms with van der Waals surface area (Å²) < 4.78 is 5.31. The van der Waals surface area contributed by atoms with Gasteiger partial charge in [0.15, 0.2) is 5.82 Å². The molecule has 0 unspecified atom stereocenters. The molecule has 0 aliphatic heterocycles. The summed E-state index contributed by atoms with van der Waals surface area (Å²) in [6.45, 7) is 7.40. The van der Waals surface area contributed by atoms with Crippen molar-refractivity contribution in [3.05, 3.63) is 41.5 Å². The van der Waals surface area contributed by atoms with E-state index in [9.17, 15) is 0 Å². The Morgan fingerprint density at radius 3 is 2.67 bits per heavy atom. The van der Waals surface area contributed by atoms with Crippen LogP contribution in [0.25, 0.3) is 0 Å². The van der Waals surface area contributed by atoms with Crippen molar-refractivity contribution in [3.63, 3.8) is 0 Å². The second-order valence-electron chi connectivity index (χ2n) is 5.13. The van der Waals surface area contributed by atoms with Crippen LogP contribution in [0.1, 0.15) is 31.1 Å². The second kappa shape index (κ2) is 7.78. The zero-order valence-corrected chi connectivity index (χ0v) is 12.9. The van der Waals surface area contributed by atoms with Gasteiger partial charge in [-0.25, -0.2) is 0 Å². The summed E-state index contributed by atoms with van der Waals surface area (Å²) in [5.41, 5.74) is 7.75. The highest BCUT2D eigenvalue weighted by atomic mass is 16.5. The van der Waals surface area contributed by atoms with Crippen molar-refractivity contribution in [3.8, 4) is 0 Å². The number of nitrogens with zero attached hydrogens (tertiary/aromatic N) is 3. The lowest BCUT2D eigenvalue weighted by molar-refractivity contribution is 0.302. The maximum atomic E-state index is 5.77. The summed E-state index contributed by atoms with van der Waals surface area (Å²) in [5.74, 6) is 1.50. The average Bonchev–Trinajstić information content (AvgIpc) is 2.94. The molecule has 0 bridgehead atoms. The predicted octanol–water partition coefficient (Wildman–Crippen LogP) is 2.32. The van der Waals surface area contributed by atoms with E-state index in [1.165, 1.54) is 5.56 Å². The van der Waals surface area contributed by atoms with Crippen LogP contribution in [0, 0.1) is 0 Å². The Bertz CT molecular complexity index is 549. The lowest BCUT2D eigenvalue weighted by Crippen LogP contribution is -2.25. The average molecular weight is 288 g/mol. The van der Waals surface area contributed by atoms with Gasteiger partial charge in [0.1, 0.15) is 0 Å². The number of nitrogens with two attached hydrogens (primary N) is 1. The molecule has 5 heteroatoms. The molecule has 0 aliphatic rings. The molecule has 1 aromatic heterocycles. The zero-order valence-electron chi connectivity index (χ0n) is 12.9. The van der Waals surface area contributed by atoms with Crippen molar-refractivity contribution in [2.24, 2.45) is 0 Å². The molecule has 0 aliphatic carbocycles. The Balaban J connectivity index is 1.83. The summed E-state index contributed by atoms with van der Waals surface area (Å²) in [6.07, 6.45) is 2.45. The van der Waals surface area contributed by atoms with Crippen LogP contribution in [0.2, 0.25) is 0 Å². The van der Waals surface area contributed by atoms with Gasteiger partial charge in [-0.05, 0) is 37.2 Å². The molecule has 0 radical (unpaired) electrons. The van der Waals surface area contributed by atoms with E-state index >= 15 is 0 Å². The minimum atomic E-state index is 0.701. The normalized spacial score (nSPS) is 11.2. The highest BCUT2D eigenvalue weighted by Crippen LogP contribution is 2.10. The first-order valence-corrected chi connectivity index (χ1v) is 7.59. The van der Waals surface area contributed by atoms with E-state index in [2.05, 4.69) is 35.0 Å². The zero-order chi connectivity index (χ0) is 15.1. The molecule has 2 aromatic rings. The van der Waals surface area contributed by atoms with Crippen molar-refractivity contribution in [2.45, 2.75) is 33.1 Å². The monoisotopic (exact) mass is 288 g/mol. The molecule has 21 heavy (non-hydrogen) atoms. The number of anilines is 1. The van der Waals surface area contributed by atoms with Crippen molar-refractivity contribution < 1.29 is 4.52 Å². The topological polar surface area (TPSA) is 68.2 Å². The Hall–Kier alpha value is -1.88.